The van der Waals surface area contributed by atoms with Gasteiger partial charge in [0.1, 0.15) is 4.88 Å². The number of rotatable bonds is 4. The van der Waals surface area contributed by atoms with E-state index in [1.54, 1.807) is 0 Å². The molecule has 2 rings (SSSR count). The summed E-state index contributed by atoms with van der Waals surface area (Å²) in [5.74, 6) is -0.0592. The lowest BCUT2D eigenvalue weighted by atomic mass is 10.1. The van der Waals surface area contributed by atoms with Gasteiger partial charge in [-0.15, -0.1) is 11.3 Å². The van der Waals surface area contributed by atoms with E-state index in [9.17, 15) is 4.79 Å². The van der Waals surface area contributed by atoms with Crippen LogP contribution in [0.25, 0.3) is 0 Å². The molecule has 1 heterocycles. The minimum atomic E-state index is -0.0592. The largest absolute Gasteiger partial charge is 0.321 e. The maximum atomic E-state index is 12.4. The molecule has 1 aromatic heterocycles. The van der Waals surface area contributed by atoms with Crippen LogP contribution < -0.4 is 5.32 Å². The Labute approximate surface area is 124 Å². The average molecular weight is 288 g/mol. The minimum absolute atomic E-state index is 0.0592. The first-order chi connectivity index (χ1) is 9.51. The molecular weight excluding hydrogens is 268 g/mol. The first-order valence-electron chi connectivity index (χ1n) is 6.86. The van der Waals surface area contributed by atoms with Crippen LogP contribution in [0.1, 0.15) is 44.8 Å². The predicted molar refractivity (Wildman–Crippen MR) is 84.7 cm³/mol. The molecule has 0 aliphatic heterocycles. The van der Waals surface area contributed by atoms with Gasteiger partial charge in [-0.2, -0.15) is 0 Å². The summed E-state index contributed by atoms with van der Waals surface area (Å²) in [5, 5.41) is 4.03. The van der Waals surface area contributed by atoms with Gasteiger partial charge in [-0.3, -0.25) is 4.79 Å². The van der Waals surface area contributed by atoms with E-state index < -0.39 is 0 Å². The van der Waals surface area contributed by atoms with Gasteiger partial charge in [0.05, 0.1) is 10.7 Å². The molecule has 0 aliphatic rings. The average Bonchev–Trinajstić information content (AvgIpc) is 2.75. The normalized spacial score (nSPS) is 10.6. The number of thiazole rings is 1. The SMILES string of the molecule is CCCc1nc(C)c(C(=O)Nc2cc(C)ccc2C)s1. The Hall–Kier alpha value is -1.68. The molecule has 0 bridgehead atoms. The molecule has 4 heteroatoms. The molecule has 0 spiro atoms. The van der Waals surface area contributed by atoms with Crippen LogP contribution in [0.3, 0.4) is 0 Å². The summed E-state index contributed by atoms with van der Waals surface area (Å²) < 4.78 is 0. The van der Waals surface area contributed by atoms with E-state index in [0.29, 0.717) is 4.88 Å². The second kappa shape index (κ2) is 6.18. The summed E-state index contributed by atoms with van der Waals surface area (Å²) in [6.07, 6.45) is 1.98. The fraction of sp³-hybridized carbons (Fsp3) is 0.375. The highest BCUT2D eigenvalue weighted by molar-refractivity contribution is 7.13. The summed E-state index contributed by atoms with van der Waals surface area (Å²) >= 11 is 1.50. The molecular formula is C16H20N2OS. The molecule has 3 nitrogen and oxygen atoms in total. The van der Waals surface area contributed by atoms with E-state index in [1.165, 1.54) is 11.3 Å². The van der Waals surface area contributed by atoms with Crippen molar-refractivity contribution in [2.75, 3.05) is 5.32 Å². The van der Waals surface area contributed by atoms with Crippen molar-refractivity contribution in [1.82, 2.24) is 4.98 Å². The minimum Gasteiger partial charge on any atom is -0.321 e. The summed E-state index contributed by atoms with van der Waals surface area (Å²) in [6, 6.07) is 6.06. The molecule has 20 heavy (non-hydrogen) atoms. The molecule has 1 aromatic carbocycles. The van der Waals surface area contributed by atoms with Gasteiger partial charge in [0.25, 0.3) is 5.91 Å². The summed E-state index contributed by atoms with van der Waals surface area (Å²) in [6.45, 7) is 8.03. The maximum absolute atomic E-state index is 12.4. The number of amides is 1. The van der Waals surface area contributed by atoms with Crippen LogP contribution in [0.5, 0.6) is 0 Å². The van der Waals surface area contributed by atoms with Gasteiger partial charge in [-0.1, -0.05) is 19.1 Å². The molecule has 0 atom stereocenters. The number of hydrogen-bond donors (Lipinski definition) is 1. The molecule has 1 amide bonds. The Morgan fingerprint density at radius 1 is 1.30 bits per heavy atom. The quantitative estimate of drug-likeness (QED) is 0.912. The Kier molecular flexibility index (Phi) is 4.55. The zero-order chi connectivity index (χ0) is 14.7. The zero-order valence-corrected chi connectivity index (χ0v) is 13.2. The van der Waals surface area contributed by atoms with Crippen molar-refractivity contribution in [2.45, 2.75) is 40.5 Å². The first kappa shape index (κ1) is 14.7. The zero-order valence-electron chi connectivity index (χ0n) is 12.4. The van der Waals surface area contributed by atoms with Crippen LogP contribution in [0.15, 0.2) is 18.2 Å². The summed E-state index contributed by atoms with van der Waals surface area (Å²) in [7, 11) is 0. The molecule has 1 N–H and O–H groups in total. The van der Waals surface area contributed by atoms with Crippen molar-refractivity contribution < 1.29 is 4.79 Å². The van der Waals surface area contributed by atoms with E-state index in [2.05, 4.69) is 17.2 Å². The van der Waals surface area contributed by atoms with Crippen LogP contribution >= 0.6 is 11.3 Å². The van der Waals surface area contributed by atoms with Gasteiger partial charge in [0.2, 0.25) is 0 Å². The number of nitrogens with one attached hydrogen (secondary N) is 1. The van der Waals surface area contributed by atoms with E-state index in [1.807, 2.05) is 39.0 Å². The second-order valence-corrected chi connectivity index (χ2v) is 6.13. The van der Waals surface area contributed by atoms with Crippen molar-refractivity contribution in [2.24, 2.45) is 0 Å². The smallest absolute Gasteiger partial charge is 0.267 e. The fourth-order valence-electron chi connectivity index (χ4n) is 2.03. The maximum Gasteiger partial charge on any atom is 0.267 e. The van der Waals surface area contributed by atoms with Crippen LogP contribution in [-0.4, -0.2) is 10.9 Å². The Morgan fingerprint density at radius 3 is 2.75 bits per heavy atom. The van der Waals surface area contributed by atoms with Crippen LogP contribution in [-0.2, 0) is 6.42 Å². The first-order valence-corrected chi connectivity index (χ1v) is 7.67. The number of carbonyl (C=O) groups is 1. The van der Waals surface area contributed by atoms with E-state index in [4.69, 9.17) is 0 Å². The highest BCUT2D eigenvalue weighted by Crippen LogP contribution is 2.22. The molecule has 0 fully saturated rings. The highest BCUT2D eigenvalue weighted by atomic mass is 32.1. The summed E-state index contributed by atoms with van der Waals surface area (Å²) in [4.78, 5) is 17.6. The van der Waals surface area contributed by atoms with Gasteiger partial charge in [-0.05, 0) is 50.8 Å². The standard InChI is InChI=1S/C16H20N2OS/c1-5-6-14-17-12(4)15(20-14)16(19)18-13-9-10(2)7-8-11(13)3/h7-9H,5-6H2,1-4H3,(H,18,19). The van der Waals surface area contributed by atoms with Crippen LogP contribution in [0.4, 0.5) is 5.69 Å². The van der Waals surface area contributed by atoms with Gasteiger partial charge < -0.3 is 5.32 Å². The van der Waals surface area contributed by atoms with Gasteiger partial charge in [-0.25, -0.2) is 4.98 Å². The van der Waals surface area contributed by atoms with Gasteiger partial charge >= 0.3 is 0 Å². The number of benzene rings is 1. The third-order valence-electron chi connectivity index (χ3n) is 3.15. The topological polar surface area (TPSA) is 42.0 Å². The fourth-order valence-corrected chi connectivity index (χ4v) is 3.09. The second-order valence-electron chi connectivity index (χ2n) is 5.04. The molecule has 0 aliphatic carbocycles. The monoisotopic (exact) mass is 288 g/mol. The van der Waals surface area contributed by atoms with Crippen molar-refractivity contribution in [3.8, 4) is 0 Å². The predicted octanol–water partition coefficient (Wildman–Crippen LogP) is 4.27. The summed E-state index contributed by atoms with van der Waals surface area (Å²) in [5.41, 5.74) is 3.90. The molecule has 0 saturated carbocycles. The van der Waals surface area contributed by atoms with Crippen LogP contribution in [0.2, 0.25) is 0 Å². The van der Waals surface area contributed by atoms with Gasteiger partial charge in [0.15, 0.2) is 0 Å². The number of nitrogens with zero attached hydrogens (tertiary/aromatic N) is 1. The van der Waals surface area contributed by atoms with Gasteiger partial charge in [0, 0.05) is 5.69 Å². The van der Waals surface area contributed by atoms with E-state index >= 15 is 0 Å². The number of hydrogen-bond acceptors (Lipinski definition) is 3. The van der Waals surface area contributed by atoms with Crippen LogP contribution in [0, 0.1) is 20.8 Å². The lowest BCUT2D eigenvalue weighted by Crippen LogP contribution is -2.12. The number of anilines is 1. The molecule has 0 unspecified atom stereocenters. The lowest BCUT2D eigenvalue weighted by molar-refractivity contribution is 0.102. The molecule has 106 valence electrons. The molecule has 2 aromatic rings. The third-order valence-corrected chi connectivity index (χ3v) is 4.37. The number of carbonyl (C=O) groups excluding carboxylic acids is 1. The van der Waals surface area contributed by atoms with Crippen molar-refractivity contribution in [3.63, 3.8) is 0 Å². The third kappa shape index (κ3) is 3.25. The Balaban J connectivity index is 2.21. The highest BCUT2D eigenvalue weighted by Gasteiger charge is 2.15. The van der Waals surface area contributed by atoms with E-state index in [-0.39, 0.29) is 5.91 Å². The Morgan fingerprint density at radius 2 is 2.05 bits per heavy atom. The lowest BCUT2D eigenvalue weighted by Gasteiger charge is -2.08. The Bertz CT molecular complexity index is 631. The van der Waals surface area contributed by atoms with Crippen molar-refractivity contribution >= 4 is 22.9 Å². The van der Waals surface area contributed by atoms with Crippen molar-refractivity contribution in [1.29, 1.82) is 0 Å². The molecule has 0 saturated heterocycles. The number of aromatic nitrogens is 1. The number of aryl methyl sites for hydroxylation is 4. The van der Waals surface area contributed by atoms with Crippen molar-refractivity contribution in [3.05, 3.63) is 44.9 Å². The van der Waals surface area contributed by atoms with E-state index in [0.717, 1.165) is 40.4 Å². The molecule has 0 radical (unpaired) electrons.